The minimum atomic E-state index is -1.24. The smallest absolute Gasteiger partial charge is 0.263 e. The van der Waals surface area contributed by atoms with Crippen molar-refractivity contribution in [3.05, 3.63) is 22.2 Å². The minimum Gasteiger partial charge on any atom is -0.398 e. The van der Waals surface area contributed by atoms with Gasteiger partial charge in [-0.15, -0.1) is 0 Å². The number of fused-ring (bicyclic) bond motifs is 1. The van der Waals surface area contributed by atoms with E-state index in [1.54, 1.807) is 30.5 Å². The second-order valence-corrected chi connectivity index (χ2v) is 7.47. The lowest BCUT2D eigenvalue weighted by molar-refractivity contribution is -0.137. The van der Waals surface area contributed by atoms with Crippen LogP contribution in [0.25, 0.3) is 10.9 Å². The van der Waals surface area contributed by atoms with Crippen LogP contribution in [-0.2, 0) is 15.0 Å². The fourth-order valence-corrected chi connectivity index (χ4v) is 3.84. The Hall–Kier alpha value is -2.38. The van der Waals surface area contributed by atoms with Gasteiger partial charge in [0.2, 0.25) is 11.8 Å². The third-order valence-electron chi connectivity index (χ3n) is 6.11. The number of anilines is 1. The number of carbonyl (C=O) groups is 2. The summed E-state index contributed by atoms with van der Waals surface area (Å²) in [6.07, 6.45) is 0. The van der Waals surface area contributed by atoms with Gasteiger partial charge < -0.3 is 5.73 Å². The maximum atomic E-state index is 13.4. The zero-order chi connectivity index (χ0) is 19.5. The maximum Gasteiger partial charge on any atom is 0.263 e. The molecule has 0 spiro atoms. The molecule has 3 unspecified atom stereocenters. The number of imide groups is 1. The van der Waals surface area contributed by atoms with E-state index in [1.165, 1.54) is 4.57 Å². The van der Waals surface area contributed by atoms with Crippen LogP contribution in [0, 0.1) is 6.92 Å². The summed E-state index contributed by atoms with van der Waals surface area (Å²) in [6.45, 7) is 1.69. The van der Waals surface area contributed by atoms with Crippen molar-refractivity contribution in [1.29, 1.82) is 0 Å². The summed E-state index contributed by atoms with van der Waals surface area (Å²) in [7, 11) is 9.00. The average Bonchev–Trinajstić information content (AvgIpc) is 2.56. The number of amides is 2. The second-order valence-electron chi connectivity index (χ2n) is 7.47. The molecule has 3 atom stereocenters. The monoisotopic (exact) mass is 346 g/mol. The molecule has 128 valence electrons. The van der Waals surface area contributed by atoms with Crippen molar-refractivity contribution in [2.75, 3.05) is 5.73 Å². The minimum absolute atomic E-state index is 0.310. The quantitative estimate of drug-likeness (QED) is 0.304. The number of nitrogens with one attached hydrogen (secondary N) is 1. The molecule has 1 saturated heterocycles. The molecule has 26 heavy (non-hydrogen) atoms. The van der Waals surface area contributed by atoms with E-state index in [4.69, 9.17) is 5.73 Å². The summed E-state index contributed by atoms with van der Waals surface area (Å²) in [5, 5.41) is 2.70. The van der Waals surface area contributed by atoms with Crippen LogP contribution in [0.3, 0.4) is 0 Å². The number of nitrogen functional groups attached to an aromatic ring is 1. The van der Waals surface area contributed by atoms with Crippen molar-refractivity contribution in [3.8, 4) is 0 Å². The SMILES string of the molecule is Bc1cc2nc(C)n(C3(B)C(=O)NC(=O)C(B)C3B)c(=O)c2c(N)c1B. The summed E-state index contributed by atoms with van der Waals surface area (Å²) in [5.41, 5.74) is 7.29. The molecule has 2 heterocycles. The van der Waals surface area contributed by atoms with E-state index in [0.29, 0.717) is 22.4 Å². The average molecular weight is 345 g/mol. The zero-order valence-corrected chi connectivity index (χ0v) is 15.9. The van der Waals surface area contributed by atoms with Crippen molar-refractivity contribution >= 4 is 78.6 Å². The van der Waals surface area contributed by atoms with Crippen molar-refractivity contribution in [2.24, 2.45) is 0 Å². The predicted octanol–water partition coefficient (Wildman–Crippen LogP) is -6.41. The molecule has 2 aromatic rings. The number of carbonyl (C=O) groups excluding carboxylic acids is 2. The first-order valence-corrected chi connectivity index (χ1v) is 8.66. The highest BCUT2D eigenvalue weighted by Crippen LogP contribution is 2.38. The molecule has 3 rings (SSSR count). The van der Waals surface area contributed by atoms with Crippen LogP contribution in [-0.4, -0.2) is 60.6 Å². The zero-order valence-electron chi connectivity index (χ0n) is 15.9. The number of aromatic nitrogens is 2. The molecule has 7 nitrogen and oxygen atoms in total. The van der Waals surface area contributed by atoms with Crippen LogP contribution >= 0.6 is 0 Å². The number of benzene rings is 1. The van der Waals surface area contributed by atoms with Gasteiger partial charge in [0.05, 0.1) is 16.3 Å². The van der Waals surface area contributed by atoms with Crippen molar-refractivity contribution < 1.29 is 9.59 Å². The fraction of sp³-hybridized carbons (Fsp3) is 0.286. The Labute approximate surface area is 155 Å². The van der Waals surface area contributed by atoms with Gasteiger partial charge in [0.1, 0.15) is 45.1 Å². The normalized spacial score (nSPS) is 26.0. The van der Waals surface area contributed by atoms with E-state index in [-0.39, 0.29) is 17.3 Å². The second kappa shape index (κ2) is 5.82. The maximum absolute atomic E-state index is 13.4. The first kappa shape index (κ1) is 18.4. The van der Waals surface area contributed by atoms with Gasteiger partial charge in [0.25, 0.3) is 5.56 Å². The Bertz CT molecular complexity index is 1040. The Kier molecular flexibility index (Phi) is 4.12. The predicted molar refractivity (Wildman–Crippen MR) is 116 cm³/mol. The molecule has 12 heteroatoms. The number of rotatable bonds is 1. The van der Waals surface area contributed by atoms with Crippen LogP contribution < -0.4 is 27.5 Å². The highest BCUT2D eigenvalue weighted by Gasteiger charge is 2.50. The van der Waals surface area contributed by atoms with E-state index in [1.807, 2.05) is 21.8 Å². The molecule has 1 aliphatic heterocycles. The van der Waals surface area contributed by atoms with Crippen molar-refractivity contribution in [1.82, 2.24) is 14.9 Å². The summed E-state index contributed by atoms with van der Waals surface area (Å²) in [4.78, 5) is 42.7. The van der Waals surface area contributed by atoms with Gasteiger partial charge in [0, 0.05) is 11.5 Å². The Morgan fingerprint density at radius 2 is 1.88 bits per heavy atom. The molecule has 1 aromatic heterocycles. The van der Waals surface area contributed by atoms with Gasteiger partial charge in [-0.2, -0.15) is 0 Å². The topological polar surface area (TPSA) is 107 Å². The molecule has 3 N–H and O–H groups in total. The highest BCUT2D eigenvalue weighted by atomic mass is 16.2. The lowest BCUT2D eigenvalue weighted by Crippen LogP contribution is -2.63. The molecule has 2 amide bonds. The van der Waals surface area contributed by atoms with Crippen LogP contribution in [0.5, 0.6) is 0 Å². The molecule has 1 aliphatic rings. The summed E-state index contributed by atoms with van der Waals surface area (Å²) >= 11 is 0. The summed E-state index contributed by atoms with van der Waals surface area (Å²) < 4.78 is 1.39. The standard InChI is InChI=1S/C14H19B5N4O3/c1-3-21-5-2-4(15)7(16)9(20)6(5)12(25)23(3)14(19)10(18)8(17)11(24)22-13(14)26/h2,8,10H,15-20H2,1H3,(H,22,24,26). The van der Waals surface area contributed by atoms with Gasteiger partial charge in [0.15, 0.2) is 0 Å². The molecule has 0 bridgehead atoms. The molecule has 1 fully saturated rings. The molecular weight excluding hydrogens is 326 g/mol. The number of hydrogen-bond acceptors (Lipinski definition) is 5. The van der Waals surface area contributed by atoms with E-state index in [0.717, 1.165) is 10.9 Å². The van der Waals surface area contributed by atoms with Crippen LogP contribution in [0.15, 0.2) is 10.9 Å². The third-order valence-corrected chi connectivity index (χ3v) is 6.11. The Morgan fingerprint density at radius 1 is 1.27 bits per heavy atom. The third kappa shape index (κ3) is 2.27. The number of hydrogen-bond donors (Lipinski definition) is 2. The highest BCUT2D eigenvalue weighted by molar-refractivity contribution is 6.52. The molecule has 0 radical (unpaired) electrons. The lowest BCUT2D eigenvalue weighted by atomic mass is 9.49. The van der Waals surface area contributed by atoms with Crippen molar-refractivity contribution in [2.45, 2.75) is 24.0 Å². The first-order chi connectivity index (χ1) is 12.0. The number of aryl methyl sites for hydroxylation is 1. The van der Waals surface area contributed by atoms with E-state index in [2.05, 4.69) is 10.3 Å². The van der Waals surface area contributed by atoms with E-state index < -0.39 is 17.2 Å². The molecule has 1 aromatic carbocycles. The Morgan fingerprint density at radius 3 is 2.50 bits per heavy atom. The molecular formula is C14H19B5N4O3. The number of nitrogens with zero attached hydrogens (tertiary/aromatic N) is 2. The number of nitrogens with two attached hydrogens (primary N) is 1. The van der Waals surface area contributed by atoms with Gasteiger partial charge in [-0.05, 0) is 18.8 Å². The van der Waals surface area contributed by atoms with Crippen LogP contribution in [0.4, 0.5) is 5.69 Å². The molecule has 0 aliphatic carbocycles. The summed E-state index contributed by atoms with van der Waals surface area (Å²) in [5.74, 6) is -1.22. The largest absolute Gasteiger partial charge is 0.398 e. The lowest BCUT2D eigenvalue weighted by Gasteiger charge is -2.43. The van der Waals surface area contributed by atoms with Gasteiger partial charge >= 0.3 is 0 Å². The van der Waals surface area contributed by atoms with Crippen molar-refractivity contribution in [3.63, 3.8) is 0 Å². The van der Waals surface area contributed by atoms with Crippen LogP contribution in [0.2, 0.25) is 11.6 Å². The van der Waals surface area contributed by atoms with E-state index >= 15 is 0 Å². The van der Waals surface area contributed by atoms with Crippen LogP contribution in [0.1, 0.15) is 5.82 Å². The molecule has 0 saturated carbocycles. The van der Waals surface area contributed by atoms with Gasteiger partial charge in [-0.1, -0.05) is 10.9 Å². The van der Waals surface area contributed by atoms with Gasteiger partial charge in [-0.3, -0.25) is 24.3 Å². The van der Waals surface area contributed by atoms with E-state index in [9.17, 15) is 14.4 Å². The van der Waals surface area contributed by atoms with Gasteiger partial charge in [-0.25, -0.2) is 4.98 Å². The fourth-order valence-electron chi connectivity index (χ4n) is 3.84. The Balaban J connectivity index is 2.40. The summed E-state index contributed by atoms with van der Waals surface area (Å²) in [6, 6.07) is 1.83. The first-order valence-electron chi connectivity index (χ1n) is 8.66. The number of piperidine rings is 1.